The van der Waals surface area contributed by atoms with Crippen molar-refractivity contribution in [3.63, 3.8) is 0 Å². The third-order valence-electron chi connectivity index (χ3n) is 1.07. The van der Waals surface area contributed by atoms with Gasteiger partial charge in [-0.25, -0.2) is 0 Å². The predicted molar refractivity (Wildman–Crippen MR) is 34.6 cm³/mol. The number of rotatable bonds is 2. The number of aliphatic carboxylic acids is 1. The Labute approximate surface area is 58.1 Å². The zero-order valence-electron chi connectivity index (χ0n) is 5.61. The molecule has 0 amide bonds. The van der Waals surface area contributed by atoms with Gasteiger partial charge in [-0.05, 0) is 13.0 Å². The van der Waals surface area contributed by atoms with Gasteiger partial charge in [-0.15, -0.1) is 0 Å². The summed E-state index contributed by atoms with van der Waals surface area (Å²) in [6.45, 7) is 1.76. The maximum Gasteiger partial charge on any atom is 0.325 e. The molecule has 10 heavy (non-hydrogen) atoms. The van der Waals surface area contributed by atoms with E-state index in [1.54, 1.807) is 12.3 Å². The number of carbonyl (C=O) groups is 1. The van der Waals surface area contributed by atoms with Crippen LogP contribution < -0.4 is 0 Å². The van der Waals surface area contributed by atoms with E-state index in [4.69, 9.17) is 5.11 Å². The summed E-state index contributed by atoms with van der Waals surface area (Å²) in [5, 5.41) is 12.2. The van der Waals surface area contributed by atoms with Crippen molar-refractivity contribution in [2.75, 3.05) is 0 Å². The van der Waals surface area contributed by atoms with E-state index in [1.165, 1.54) is 4.68 Å². The zero-order valence-corrected chi connectivity index (χ0v) is 5.61. The molecule has 1 N–H and O–H groups in total. The van der Waals surface area contributed by atoms with Gasteiger partial charge in [0.15, 0.2) is 0 Å². The van der Waals surface area contributed by atoms with E-state index in [-0.39, 0.29) is 6.54 Å². The fraction of sp³-hybridized carbons (Fsp3) is 0.333. The molecule has 0 aliphatic rings. The highest BCUT2D eigenvalue weighted by Crippen LogP contribution is 1.91. The van der Waals surface area contributed by atoms with Crippen LogP contribution in [0.4, 0.5) is 0 Å². The van der Waals surface area contributed by atoms with Gasteiger partial charge >= 0.3 is 5.97 Å². The number of hydrogen-bond donors (Lipinski definition) is 1. The molecular formula is C6H8N2O2. The van der Waals surface area contributed by atoms with Gasteiger partial charge in [-0.2, -0.15) is 5.10 Å². The Bertz CT molecular complexity index is 242. The quantitative estimate of drug-likeness (QED) is 0.641. The number of aromatic nitrogens is 2. The van der Waals surface area contributed by atoms with Crippen molar-refractivity contribution in [1.29, 1.82) is 0 Å². The first-order chi connectivity index (χ1) is 4.68. The van der Waals surface area contributed by atoms with E-state index in [9.17, 15) is 4.79 Å². The number of hydrogen-bond acceptors (Lipinski definition) is 2. The number of carboxylic acids is 1. The molecule has 0 aromatic carbocycles. The summed E-state index contributed by atoms with van der Waals surface area (Å²) >= 11 is 0. The molecule has 0 saturated heterocycles. The van der Waals surface area contributed by atoms with E-state index < -0.39 is 5.97 Å². The SMILES string of the molecule is Cc1ccn(CC(=O)O)n1. The van der Waals surface area contributed by atoms with Crippen molar-refractivity contribution >= 4 is 5.97 Å². The summed E-state index contributed by atoms with van der Waals surface area (Å²) in [6.07, 6.45) is 1.64. The minimum Gasteiger partial charge on any atom is -0.480 e. The van der Waals surface area contributed by atoms with Crippen LogP contribution in [0.25, 0.3) is 0 Å². The van der Waals surface area contributed by atoms with Crippen LogP contribution in [0, 0.1) is 6.92 Å². The van der Waals surface area contributed by atoms with Crippen LogP contribution in [0.2, 0.25) is 0 Å². The number of aryl methyl sites for hydroxylation is 1. The summed E-state index contributed by atoms with van der Waals surface area (Å²) in [5.41, 5.74) is 0.834. The molecule has 0 bridgehead atoms. The first kappa shape index (κ1) is 6.80. The van der Waals surface area contributed by atoms with Gasteiger partial charge in [0.1, 0.15) is 6.54 Å². The predicted octanol–water partition coefficient (Wildman–Crippen LogP) is 0.276. The van der Waals surface area contributed by atoms with E-state index in [1.807, 2.05) is 6.92 Å². The van der Waals surface area contributed by atoms with Crippen LogP contribution in [0.1, 0.15) is 5.69 Å². The lowest BCUT2D eigenvalue weighted by Gasteiger charge is -1.92. The third-order valence-corrected chi connectivity index (χ3v) is 1.07. The molecule has 0 spiro atoms. The first-order valence-electron chi connectivity index (χ1n) is 2.90. The van der Waals surface area contributed by atoms with Gasteiger partial charge in [0, 0.05) is 6.20 Å². The average molecular weight is 140 g/mol. The lowest BCUT2D eigenvalue weighted by atomic mass is 10.5. The van der Waals surface area contributed by atoms with Crippen molar-refractivity contribution in [3.05, 3.63) is 18.0 Å². The molecule has 0 radical (unpaired) electrons. The van der Waals surface area contributed by atoms with Crippen molar-refractivity contribution < 1.29 is 9.90 Å². The van der Waals surface area contributed by atoms with E-state index >= 15 is 0 Å². The highest BCUT2D eigenvalue weighted by molar-refractivity contribution is 5.66. The molecule has 0 aliphatic heterocycles. The summed E-state index contributed by atoms with van der Waals surface area (Å²) in [5.74, 6) is -0.872. The minimum absolute atomic E-state index is 0.0617. The molecule has 0 fully saturated rings. The first-order valence-corrected chi connectivity index (χ1v) is 2.90. The second-order valence-corrected chi connectivity index (χ2v) is 2.05. The highest BCUT2D eigenvalue weighted by atomic mass is 16.4. The van der Waals surface area contributed by atoms with Crippen molar-refractivity contribution in [1.82, 2.24) is 9.78 Å². The highest BCUT2D eigenvalue weighted by Gasteiger charge is 1.98. The lowest BCUT2D eigenvalue weighted by Crippen LogP contribution is -2.08. The molecule has 4 nitrogen and oxygen atoms in total. The average Bonchev–Trinajstić information content (AvgIpc) is 2.13. The Morgan fingerprint density at radius 2 is 2.60 bits per heavy atom. The topological polar surface area (TPSA) is 55.1 Å². The maximum atomic E-state index is 10.1. The Hall–Kier alpha value is -1.32. The van der Waals surface area contributed by atoms with Crippen LogP contribution in [-0.2, 0) is 11.3 Å². The van der Waals surface area contributed by atoms with Gasteiger partial charge in [-0.1, -0.05) is 0 Å². The molecule has 4 heteroatoms. The zero-order chi connectivity index (χ0) is 7.56. The number of nitrogens with zero attached hydrogens (tertiary/aromatic N) is 2. The van der Waals surface area contributed by atoms with Crippen LogP contribution in [-0.4, -0.2) is 20.9 Å². The van der Waals surface area contributed by atoms with Crippen LogP contribution >= 0.6 is 0 Å². The molecule has 0 atom stereocenters. The standard InChI is InChI=1S/C6H8N2O2/c1-5-2-3-8(7-5)4-6(9)10/h2-3H,4H2,1H3,(H,9,10). The summed E-state index contributed by atoms with van der Waals surface area (Å²) in [6, 6.07) is 1.77. The fourth-order valence-corrected chi connectivity index (χ4v) is 0.690. The Morgan fingerprint density at radius 3 is 3.00 bits per heavy atom. The van der Waals surface area contributed by atoms with Crippen molar-refractivity contribution in [2.24, 2.45) is 0 Å². The Balaban J connectivity index is 2.67. The number of carboxylic acid groups (broad SMARTS) is 1. The van der Waals surface area contributed by atoms with Gasteiger partial charge in [0.2, 0.25) is 0 Å². The van der Waals surface area contributed by atoms with Gasteiger partial charge in [0.25, 0.3) is 0 Å². The van der Waals surface area contributed by atoms with Crippen molar-refractivity contribution in [2.45, 2.75) is 13.5 Å². The molecule has 1 heterocycles. The van der Waals surface area contributed by atoms with E-state index in [0.29, 0.717) is 0 Å². The fourth-order valence-electron chi connectivity index (χ4n) is 0.690. The smallest absolute Gasteiger partial charge is 0.325 e. The lowest BCUT2D eigenvalue weighted by molar-refractivity contribution is -0.137. The molecule has 1 rings (SSSR count). The molecule has 0 aliphatic carbocycles. The molecule has 0 unspecified atom stereocenters. The van der Waals surface area contributed by atoms with Crippen LogP contribution in [0.5, 0.6) is 0 Å². The minimum atomic E-state index is -0.872. The monoisotopic (exact) mass is 140 g/mol. The second-order valence-electron chi connectivity index (χ2n) is 2.05. The van der Waals surface area contributed by atoms with E-state index in [2.05, 4.69) is 5.10 Å². The van der Waals surface area contributed by atoms with Gasteiger partial charge < -0.3 is 5.11 Å². The van der Waals surface area contributed by atoms with Gasteiger partial charge in [-0.3, -0.25) is 9.48 Å². The third kappa shape index (κ3) is 1.58. The Morgan fingerprint density at radius 1 is 1.90 bits per heavy atom. The summed E-state index contributed by atoms with van der Waals surface area (Å²) < 4.78 is 1.39. The summed E-state index contributed by atoms with van der Waals surface area (Å²) in [4.78, 5) is 10.1. The van der Waals surface area contributed by atoms with Crippen LogP contribution in [0.15, 0.2) is 12.3 Å². The van der Waals surface area contributed by atoms with E-state index in [0.717, 1.165) is 5.69 Å². The maximum absolute atomic E-state index is 10.1. The van der Waals surface area contributed by atoms with Crippen molar-refractivity contribution in [3.8, 4) is 0 Å². The Kier molecular flexibility index (Phi) is 1.71. The summed E-state index contributed by atoms with van der Waals surface area (Å²) in [7, 11) is 0. The molecule has 1 aromatic rings. The normalized spacial score (nSPS) is 9.70. The van der Waals surface area contributed by atoms with Gasteiger partial charge in [0.05, 0.1) is 5.69 Å². The second kappa shape index (κ2) is 2.51. The van der Waals surface area contributed by atoms with Crippen LogP contribution in [0.3, 0.4) is 0 Å². The largest absolute Gasteiger partial charge is 0.480 e. The molecule has 0 saturated carbocycles. The molecule has 54 valence electrons. The molecule has 1 aromatic heterocycles. The molecular weight excluding hydrogens is 132 g/mol.